The molecule has 0 heterocycles. The van der Waals surface area contributed by atoms with E-state index in [0.29, 0.717) is 18.0 Å². The van der Waals surface area contributed by atoms with Gasteiger partial charge in [0.2, 0.25) is 0 Å². The summed E-state index contributed by atoms with van der Waals surface area (Å²) in [7, 11) is -1.25. The van der Waals surface area contributed by atoms with Gasteiger partial charge in [0.15, 0.2) is 0 Å². The molecule has 0 aliphatic rings. The Morgan fingerprint density at radius 1 is 1.14 bits per heavy atom. The summed E-state index contributed by atoms with van der Waals surface area (Å²) in [4.78, 5) is 0.724. The highest BCUT2D eigenvalue weighted by Crippen LogP contribution is 2.19. The van der Waals surface area contributed by atoms with E-state index in [1.54, 1.807) is 12.1 Å². The minimum atomic E-state index is -1.25. The lowest BCUT2D eigenvalue weighted by atomic mass is 10.0. The highest BCUT2D eigenvalue weighted by molar-refractivity contribution is 7.84. The maximum absolute atomic E-state index is 13.9. The van der Waals surface area contributed by atoms with Crippen LogP contribution in [0.1, 0.15) is 36.5 Å². The van der Waals surface area contributed by atoms with E-state index in [0.717, 1.165) is 10.5 Å². The maximum Gasteiger partial charge on any atom is 0.127 e. The van der Waals surface area contributed by atoms with Crippen molar-refractivity contribution in [3.05, 3.63) is 65.0 Å². The normalized spacial score (nSPS) is 12.6. The van der Waals surface area contributed by atoms with Crippen molar-refractivity contribution in [2.75, 3.05) is 0 Å². The van der Waals surface area contributed by atoms with E-state index in [1.807, 2.05) is 24.3 Å². The van der Waals surface area contributed by atoms with Crippen molar-refractivity contribution < 1.29 is 8.60 Å². The molecule has 0 radical (unpaired) electrons. The van der Waals surface area contributed by atoms with Gasteiger partial charge in [-0.3, -0.25) is 4.21 Å². The number of benzene rings is 2. The minimum Gasteiger partial charge on any atom is -0.326 e. The van der Waals surface area contributed by atoms with Crippen molar-refractivity contribution in [2.45, 2.75) is 37.0 Å². The summed E-state index contributed by atoms with van der Waals surface area (Å²) in [5.74, 6) is 0.274. The quantitative estimate of drug-likeness (QED) is 0.915. The lowest BCUT2D eigenvalue weighted by Gasteiger charge is -2.08. The van der Waals surface area contributed by atoms with Crippen LogP contribution in [0.25, 0.3) is 0 Å². The first-order valence-electron chi connectivity index (χ1n) is 6.97. The zero-order valence-corrected chi connectivity index (χ0v) is 13.1. The molecule has 4 heteroatoms. The molecule has 0 amide bonds. The van der Waals surface area contributed by atoms with Gasteiger partial charge in [0.25, 0.3) is 0 Å². The zero-order chi connectivity index (χ0) is 15.4. The van der Waals surface area contributed by atoms with E-state index in [-0.39, 0.29) is 11.6 Å². The van der Waals surface area contributed by atoms with Crippen LogP contribution >= 0.6 is 0 Å². The van der Waals surface area contributed by atoms with Crippen molar-refractivity contribution in [2.24, 2.45) is 5.73 Å². The second-order valence-corrected chi connectivity index (χ2v) is 6.79. The molecule has 2 N–H and O–H groups in total. The number of rotatable bonds is 5. The largest absolute Gasteiger partial charge is 0.326 e. The third-order valence-corrected chi connectivity index (χ3v) is 4.82. The van der Waals surface area contributed by atoms with Crippen LogP contribution in [0.3, 0.4) is 0 Å². The standard InChI is InChI=1S/C17H20FNOS/c1-12(2)14-5-7-16(8-6-14)21(20)11-15-4-3-13(10-19)9-17(15)18/h3-9,12H,10-11,19H2,1-2H3. The molecule has 0 spiro atoms. The Morgan fingerprint density at radius 2 is 1.81 bits per heavy atom. The van der Waals surface area contributed by atoms with Crippen LogP contribution in [0.2, 0.25) is 0 Å². The first-order valence-corrected chi connectivity index (χ1v) is 8.29. The van der Waals surface area contributed by atoms with Crippen LogP contribution < -0.4 is 5.73 Å². The van der Waals surface area contributed by atoms with Crippen LogP contribution in [-0.2, 0) is 23.1 Å². The monoisotopic (exact) mass is 305 g/mol. The molecule has 0 saturated heterocycles. The Balaban J connectivity index is 2.14. The van der Waals surface area contributed by atoms with Crippen molar-refractivity contribution in [1.82, 2.24) is 0 Å². The SMILES string of the molecule is CC(C)c1ccc(S(=O)Cc2ccc(CN)cc2F)cc1. The second-order valence-electron chi connectivity index (χ2n) is 5.34. The molecule has 2 aromatic rings. The molecule has 112 valence electrons. The van der Waals surface area contributed by atoms with Crippen LogP contribution in [0.5, 0.6) is 0 Å². The highest BCUT2D eigenvalue weighted by atomic mass is 32.2. The molecule has 0 fully saturated rings. The summed E-state index contributed by atoms with van der Waals surface area (Å²) in [5, 5.41) is 0. The molecular weight excluding hydrogens is 285 g/mol. The van der Waals surface area contributed by atoms with Gasteiger partial charge in [0.05, 0.1) is 16.6 Å². The first kappa shape index (κ1) is 15.9. The lowest BCUT2D eigenvalue weighted by molar-refractivity contribution is 0.613. The molecular formula is C17H20FNOS. The van der Waals surface area contributed by atoms with Gasteiger partial charge in [0, 0.05) is 17.0 Å². The molecule has 2 nitrogen and oxygen atoms in total. The van der Waals surface area contributed by atoms with Crippen LogP contribution in [0, 0.1) is 5.82 Å². The van der Waals surface area contributed by atoms with Gasteiger partial charge < -0.3 is 5.73 Å². The van der Waals surface area contributed by atoms with Crippen molar-refractivity contribution in [3.8, 4) is 0 Å². The molecule has 21 heavy (non-hydrogen) atoms. The van der Waals surface area contributed by atoms with Gasteiger partial charge in [-0.25, -0.2) is 4.39 Å². The lowest BCUT2D eigenvalue weighted by Crippen LogP contribution is -2.02. The van der Waals surface area contributed by atoms with E-state index in [9.17, 15) is 8.60 Å². The Bertz CT molecular complexity index is 638. The second kappa shape index (κ2) is 6.96. The van der Waals surface area contributed by atoms with Gasteiger partial charge in [0.1, 0.15) is 5.82 Å². The minimum absolute atomic E-state index is 0.178. The Hall–Kier alpha value is -1.52. The summed E-state index contributed by atoms with van der Waals surface area (Å²) in [6, 6.07) is 12.5. The van der Waals surface area contributed by atoms with E-state index >= 15 is 0 Å². The van der Waals surface area contributed by atoms with Crippen molar-refractivity contribution in [3.63, 3.8) is 0 Å². The Kier molecular flexibility index (Phi) is 5.26. The fraction of sp³-hybridized carbons (Fsp3) is 0.294. The molecule has 0 bridgehead atoms. The smallest absolute Gasteiger partial charge is 0.127 e. The van der Waals surface area contributed by atoms with Crippen molar-refractivity contribution >= 4 is 10.8 Å². The van der Waals surface area contributed by atoms with Crippen LogP contribution in [-0.4, -0.2) is 4.21 Å². The Morgan fingerprint density at radius 3 is 2.33 bits per heavy atom. The molecule has 1 atom stereocenters. The molecule has 0 aliphatic carbocycles. The molecule has 1 unspecified atom stereocenters. The van der Waals surface area contributed by atoms with Crippen LogP contribution in [0.4, 0.5) is 4.39 Å². The van der Waals surface area contributed by atoms with E-state index < -0.39 is 10.8 Å². The topological polar surface area (TPSA) is 43.1 Å². The fourth-order valence-corrected chi connectivity index (χ4v) is 3.19. The van der Waals surface area contributed by atoms with Crippen molar-refractivity contribution in [1.29, 1.82) is 0 Å². The van der Waals surface area contributed by atoms with Crippen LogP contribution in [0.15, 0.2) is 47.4 Å². The predicted molar refractivity (Wildman–Crippen MR) is 84.9 cm³/mol. The summed E-state index contributed by atoms with van der Waals surface area (Å²) < 4.78 is 26.2. The number of halogens is 1. The number of hydrogen-bond donors (Lipinski definition) is 1. The molecule has 0 aliphatic heterocycles. The third-order valence-electron chi connectivity index (χ3n) is 3.45. The predicted octanol–water partition coefficient (Wildman–Crippen LogP) is 3.72. The van der Waals surface area contributed by atoms with E-state index in [4.69, 9.17) is 5.73 Å². The Labute approximate surface area is 127 Å². The summed E-state index contributed by atoms with van der Waals surface area (Å²) in [5.41, 5.74) is 7.87. The average molecular weight is 305 g/mol. The highest BCUT2D eigenvalue weighted by Gasteiger charge is 2.10. The van der Waals surface area contributed by atoms with Gasteiger partial charge in [-0.2, -0.15) is 0 Å². The number of hydrogen-bond acceptors (Lipinski definition) is 2. The fourth-order valence-electron chi connectivity index (χ4n) is 2.06. The first-order chi connectivity index (χ1) is 10.0. The summed E-state index contributed by atoms with van der Waals surface area (Å²) in [6.45, 7) is 4.53. The van der Waals surface area contributed by atoms with Gasteiger partial charge in [-0.1, -0.05) is 38.1 Å². The number of nitrogens with two attached hydrogens (primary N) is 1. The molecule has 2 rings (SSSR count). The molecule has 2 aromatic carbocycles. The molecule has 0 aromatic heterocycles. The van der Waals surface area contributed by atoms with E-state index in [2.05, 4.69) is 13.8 Å². The summed E-state index contributed by atoms with van der Waals surface area (Å²) >= 11 is 0. The zero-order valence-electron chi connectivity index (χ0n) is 12.3. The average Bonchev–Trinajstić information content (AvgIpc) is 2.49. The molecule has 0 saturated carbocycles. The van der Waals surface area contributed by atoms with Gasteiger partial charge >= 0.3 is 0 Å². The van der Waals surface area contributed by atoms with E-state index in [1.165, 1.54) is 11.6 Å². The third kappa shape index (κ3) is 3.99. The van der Waals surface area contributed by atoms with Gasteiger partial charge in [-0.15, -0.1) is 0 Å². The maximum atomic E-state index is 13.9. The summed E-state index contributed by atoms with van der Waals surface area (Å²) in [6.07, 6.45) is 0. The van der Waals surface area contributed by atoms with Gasteiger partial charge in [-0.05, 0) is 35.2 Å².